The van der Waals surface area contributed by atoms with Crippen LogP contribution in [-0.4, -0.2) is 110 Å². The molecule has 1 aliphatic heterocycles. The number of ether oxygens (including phenoxy) is 2. The van der Waals surface area contributed by atoms with Gasteiger partial charge in [0.15, 0.2) is 6.29 Å². The van der Waals surface area contributed by atoms with Gasteiger partial charge in [0.2, 0.25) is 5.91 Å². The lowest BCUT2D eigenvalue weighted by Gasteiger charge is -2.40. The highest BCUT2D eigenvalue weighted by Crippen LogP contribution is 2.24. The third kappa shape index (κ3) is 39.9. The first-order valence-electron chi connectivity index (χ1n) is 31.7. The van der Waals surface area contributed by atoms with Crippen LogP contribution in [0, 0.1) is 0 Å². The number of aliphatic hydroxyl groups is 7. The molecule has 0 aliphatic carbocycles. The maximum Gasteiger partial charge on any atom is 0.249 e. The van der Waals surface area contributed by atoms with Crippen molar-refractivity contribution in [2.24, 2.45) is 0 Å². The van der Waals surface area contributed by atoms with Gasteiger partial charge in [0.05, 0.1) is 25.4 Å². The first kappa shape index (κ1) is 70.6. The Morgan fingerprint density at radius 3 is 1.20 bits per heavy atom. The third-order valence-electron chi connectivity index (χ3n) is 15.5. The average Bonchev–Trinajstić information content (AvgIpc) is 3.40. The minimum atomic E-state index is -1.67. The minimum absolute atomic E-state index is 0.248. The van der Waals surface area contributed by atoms with Gasteiger partial charge in [-0.15, -0.1) is 0 Å². The average molecular weight is 1050 g/mol. The summed E-state index contributed by atoms with van der Waals surface area (Å²) in [6.07, 6.45) is 52.8. The van der Waals surface area contributed by atoms with Gasteiger partial charge in [0.25, 0.3) is 0 Å². The molecular formula is C63H121NO10. The van der Waals surface area contributed by atoms with E-state index in [1.54, 1.807) is 0 Å². The zero-order chi connectivity index (χ0) is 54.0. The highest BCUT2D eigenvalue weighted by molar-refractivity contribution is 5.80. The number of nitrogens with one attached hydrogen (secondary N) is 1. The van der Waals surface area contributed by atoms with E-state index in [2.05, 4.69) is 43.5 Å². The van der Waals surface area contributed by atoms with Gasteiger partial charge in [0, 0.05) is 0 Å². The van der Waals surface area contributed by atoms with Crippen LogP contribution in [0.4, 0.5) is 0 Å². The van der Waals surface area contributed by atoms with E-state index in [0.717, 1.165) is 38.5 Å². The molecule has 0 spiro atoms. The molecule has 0 saturated carbocycles. The molecule has 0 aromatic rings. The first-order valence-corrected chi connectivity index (χ1v) is 31.7. The molecule has 8 N–H and O–H groups in total. The summed E-state index contributed by atoms with van der Waals surface area (Å²) in [7, 11) is 0. The highest BCUT2D eigenvalue weighted by Gasteiger charge is 2.44. The molecule has 11 nitrogen and oxygen atoms in total. The van der Waals surface area contributed by atoms with Crippen molar-refractivity contribution in [3.8, 4) is 0 Å². The van der Waals surface area contributed by atoms with E-state index in [9.17, 15) is 40.5 Å². The Kier molecular flexibility index (Phi) is 49.9. The Morgan fingerprint density at radius 2 is 0.811 bits per heavy atom. The van der Waals surface area contributed by atoms with Crippen molar-refractivity contribution in [2.75, 3.05) is 13.2 Å². The van der Waals surface area contributed by atoms with Crippen molar-refractivity contribution in [3.63, 3.8) is 0 Å². The molecule has 74 heavy (non-hydrogen) atoms. The quantitative estimate of drug-likeness (QED) is 0.0215. The van der Waals surface area contributed by atoms with Crippen molar-refractivity contribution in [2.45, 2.75) is 358 Å². The molecular weight excluding hydrogens is 931 g/mol. The van der Waals surface area contributed by atoms with Crippen LogP contribution in [0.5, 0.6) is 0 Å². The molecule has 438 valence electrons. The summed E-state index contributed by atoms with van der Waals surface area (Å²) in [5, 5.41) is 76.0. The van der Waals surface area contributed by atoms with Gasteiger partial charge in [-0.05, 0) is 51.4 Å². The van der Waals surface area contributed by atoms with Crippen LogP contribution in [0.3, 0.4) is 0 Å². The summed E-state index contributed by atoms with van der Waals surface area (Å²) in [4.78, 5) is 13.2. The number of carbonyl (C=O) groups excluding carboxylic acids is 1. The lowest BCUT2D eigenvalue weighted by Crippen LogP contribution is -2.60. The molecule has 1 amide bonds. The van der Waals surface area contributed by atoms with E-state index in [-0.39, 0.29) is 12.8 Å². The van der Waals surface area contributed by atoms with Gasteiger partial charge in [-0.3, -0.25) is 4.79 Å². The molecule has 0 bridgehead atoms. The summed E-state index contributed by atoms with van der Waals surface area (Å²) in [5.74, 6) is -0.706. The second kappa shape index (κ2) is 52.3. The van der Waals surface area contributed by atoms with Crippen molar-refractivity contribution >= 4 is 5.91 Å². The van der Waals surface area contributed by atoms with E-state index in [1.807, 2.05) is 0 Å². The summed E-state index contributed by atoms with van der Waals surface area (Å²) in [5.41, 5.74) is 0. The maximum atomic E-state index is 13.2. The standard InChI is InChI=1S/C63H121NO10/c1-3-5-7-9-11-13-15-17-18-19-20-21-22-23-24-25-26-27-28-29-30-31-32-33-34-35-36-37-39-41-43-45-47-49-51-56(67)62(72)64-54(53-73-63-61(71)60(70)59(69)57(52-65)74-63)58(68)55(66)50-48-46-44-42-40-38-16-14-12-10-8-6-4-2/h14,16,42,44,54-61,63,65-71H,3-13,15,17-41,43,45-53H2,1-2H3,(H,64,72)/b16-14+,44-42+. The number of unbranched alkanes of at least 4 members (excludes halogenated alkanes) is 39. The molecule has 1 fully saturated rings. The van der Waals surface area contributed by atoms with E-state index in [0.29, 0.717) is 19.3 Å². The van der Waals surface area contributed by atoms with Crippen LogP contribution < -0.4 is 5.32 Å². The lowest BCUT2D eigenvalue weighted by atomic mass is 9.98. The van der Waals surface area contributed by atoms with Crippen molar-refractivity contribution in [3.05, 3.63) is 24.3 Å². The summed E-state index contributed by atoms with van der Waals surface area (Å²) < 4.78 is 11.1. The van der Waals surface area contributed by atoms with Gasteiger partial charge >= 0.3 is 0 Å². The Morgan fingerprint density at radius 1 is 0.459 bits per heavy atom. The fraction of sp³-hybridized carbons (Fsp3) is 0.921. The molecule has 11 heteroatoms. The SMILES string of the molecule is CCCCCC/C=C/CC/C=C/CCCC(O)C(O)C(COC1OC(CO)C(O)C(O)C1O)NC(=O)C(O)CCCCCCCCCCCCCCCCCCCCCCCCCCCCCCCCCCCC. The van der Waals surface area contributed by atoms with E-state index >= 15 is 0 Å². The van der Waals surface area contributed by atoms with Gasteiger partial charge in [-0.1, -0.05) is 276 Å². The number of rotatable bonds is 55. The van der Waals surface area contributed by atoms with Gasteiger partial charge in [0.1, 0.15) is 36.6 Å². The molecule has 0 aromatic carbocycles. The van der Waals surface area contributed by atoms with Crippen molar-refractivity contribution in [1.82, 2.24) is 5.32 Å². The molecule has 0 aromatic heterocycles. The Bertz CT molecular complexity index is 1250. The highest BCUT2D eigenvalue weighted by atomic mass is 16.7. The number of hydrogen-bond acceptors (Lipinski definition) is 10. The third-order valence-corrected chi connectivity index (χ3v) is 15.5. The second-order valence-electron chi connectivity index (χ2n) is 22.5. The van der Waals surface area contributed by atoms with Gasteiger partial charge in [-0.25, -0.2) is 0 Å². The van der Waals surface area contributed by atoms with Gasteiger partial charge in [-0.2, -0.15) is 0 Å². The number of aliphatic hydroxyl groups excluding tert-OH is 7. The topological polar surface area (TPSA) is 189 Å². The van der Waals surface area contributed by atoms with E-state index in [1.165, 1.54) is 218 Å². The lowest BCUT2D eigenvalue weighted by molar-refractivity contribution is -0.303. The molecule has 1 rings (SSSR count). The van der Waals surface area contributed by atoms with Crippen LogP contribution in [-0.2, 0) is 14.3 Å². The number of amides is 1. The van der Waals surface area contributed by atoms with Crippen LogP contribution in [0.2, 0.25) is 0 Å². The fourth-order valence-corrected chi connectivity index (χ4v) is 10.3. The zero-order valence-corrected chi connectivity index (χ0v) is 48.1. The van der Waals surface area contributed by atoms with Crippen LogP contribution in [0.1, 0.15) is 303 Å². The Labute approximate surface area is 454 Å². The van der Waals surface area contributed by atoms with E-state index < -0.39 is 74.2 Å². The normalized spacial score (nSPS) is 19.9. The number of carbonyl (C=O) groups is 1. The second-order valence-corrected chi connectivity index (χ2v) is 22.5. The summed E-state index contributed by atoms with van der Waals surface area (Å²) in [6, 6.07) is -1.19. The smallest absolute Gasteiger partial charge is 0.249 e. The van der Waals surface area contributed by atoms with Crippen molar-refractivity contribution < 1.29 is 50.0 Å². The van der Waals surface area contributed by atoms with Crippen LogP contribution >= 0.6 is 0 Å². The van der Waals surface area contributed by atoms with Gasteiger partial charge < -0.3 is 50.5 Å². The molecule has 1 aliphatic rings. The molecule has 9 unspecified atom stereocenters. The number of allylic oxidation sites excluding steroid dienone is 4. The monoisotopic (exact) mass is 1050 g/mol. The number of hydrogen-bond donors (Lipinski definition) is 8. The predicted octanol–water partition coefficient (Wildman–Crippen LogP) is 14.1. The summed E-state index contributed by atoms with van der Waals surface area (Å²) in [6.45, 7) is 3.44. The molecule has 9 atom stereocenters. The van der Waals surface area contributed by atoms with Crippen LogP contribution in [0.25, 0.3) is 0 Å². The maximum absolute atomic E-state index is 13.2. The molecule has 1 heterocycles. The minimum Gasteiger partial charge on any atom is -0.394 e. The first-order chi connectivity index (χ1) is 36.2. The largest absolute Gasteiger partial charge is 0.394 e. The molecule has 0 radical (unpaired) electrons. The predicted molar refractivity (Wildman–Crippen MR) is 307 cm³/mol. The Balaban J connectivity index is 2.14. The molecule has 1 saturated heterocycles. The van der Waals surface area contributed by atoms with Crippen LogP contribution in [0.15, 0.2) is 24.3 Å². The van der Waals surface area contributed by atoms with E-state index in [4.69, 9.17) is 9.47 Å². The summed E-state index contributed by atoms with van der Waals surface area (Å²) >= 11 is 0. The van der Waals surface area contributed by atoms with Crippen molar-refractivity contribution in [1.29, 1.82) is 0 Å². The Hall–Kier alpha value is -1.41. The zero-order valence-electron chi connectivity index (χ0n) is 48.1. The fourth-order valence-electron chi connectivity index (χ4n) is 10.3.